The Balaban J connectivity index is 2.44. The number of methoxy groups -OCH3 is 1. The van der Waals surface area contributed by atoms with Crippen molar-refractivity contribution < 1.29 is 13.5 Å². The predicted octanol–water partition coefficient (Wildman–Crippen LogP) is 4.74. The lowest BCUT2D eigenvalue weighted by atomic mass is 9.81. The van der Waals surface area contributed by atoms with E-state index in [0.29, 0.717) is 12.0 Å². The lowest BCUT2D eigenvalue weighted by molar-refractivity contribution is 0.189. The highest BCUT2D eigenvalue weighted by Crippen LogP contribution is 2.29. The average molecular weight is 270 g/mol. The summed E-state index contributed by atoms with van der Waals surface area (Å²) in [4.78, 5) is 0. The summed E-state index contributed by atoms with van der Waals surface area (Å²) < 4.78 is 31.5. The van der Waals surface area contributed by atoms with E-state index in [2.05, 4.69) is 13.8 Å². The van der Waals surface area contributed by atoms with E-state index >= 15 is 0 Å². The third-order valence-electron chi connectivity index (χ3n) is 3.39. The molecule has 0 fully saturated rings. The summed E-state index contributed by atoms with van der Waals surface area (Å²) in [5, 5.41) is 0. The van der Waals surface area contributed by atoms with E-state index in [1.54, 1.807) is 13.2 Å². The summed E-state index contributed by atoms with van der Waals surface area (Å²) in [6, 6.07) is 3.84. The average Bonchev–Trinajstić information content (AvgIpc) is 2.32. The fraction of sp³-hybridized carbons (Fsp3) is 0.625. The van der Waals surface area contributed by atoms with Crippen LogP contribution in [0.15, 0.2) is 18.2 Å². The summed E-state index contributed by atoms with van der Waals surface area (Å²) >= 11 is 0. The zero-order valence-corrected chi connectivity index (χ0v) is 12.1. The molecule has 1 nitrogen and oxygen atoms in total. The van der Waals surface area contributed by atoms with E-state index in [4.69, 9.17) is 4.74 Å². The number of halogens is 2. The van der Waals surface area contributed by atoms with E-state index in [0.717, 1.165) is 38.4 Å². The van der Waals surface area contributed by atoms with Crippen molar-refractivity contribution in [2.45, 2.75) is 46.0 Å². The van der Waals surface area contributed by atoms with Crippen LogP contribution in [0.3, 0.4) is 0 Å². The van der Waals surface area contributed by atoms with Crippen molar-refractivity contribution in [1.29, 1.82) is 0 Å². The van der Waals surface area contributed by atoms with Gasteiger partial charge in [-0.2, -0.15) is 0 Å². The molecule has 0 radical (unpaired) electrons. The van der Waals surface area contributed by atoms with Crippen LogP contribution in [0.1, 0.15) is 45.1 Å². The number of benzene rings is 1. The van der Waals surface area contributed by atoms with E-state index in [1.165, 1.54) is 6.07 Å². The molecule has 108 valence electrons. The third-order valence-corrected chi connectivity index (χ3v) is 3.39. The summed E-state index contributed by atoms with van der Waals surface area (Å²) in [5.74, 6) is -0.953. The van der Waals surface area contributed by atoms with Gasteiger partial charge in [-0.25, -0.2) is 8.78 Å². The second-order valence-corrected chi connectivity index (χ2v) is 5.88. The fourth-order valence-electron chi connectivity index (χ4n) is 2.30. The monoisotopic (exact) mass is 270 g/mol. The molecule has 1 rings (SSSR count). The maximum absolute atomic E-state index is 13.6. The van der Waals surface area contributed by atoms with Gasteiger partial charge in [0.05, 0.1) is 0 Å². The van der Waals surface area contributed by atoms with Crippen molar-refractivity contribution in [2.75, 3.05) is 13.7 Å². The first-order valence-electron chi connectivity index (χ1n) is 6.87. The van der Waals surface area contributed by atoms with Gasteiger partial charge in [0.1, 0.15) is 11.6 Å². The highest BCUT2D eigenvalue weighted by molar-refractivity contribution is 5.19. The number of hydrogen-bond acceptors (Lipinski definition) is 1. The van der Waals surface area contributed by atoms with E-state index < -0.39 is 11.6 Å². The summed E-state index contributed by atoms with van der Waals surface area (Å²) in [5.41, 5.74) is 0.634. The van der Waals surface area contributed by atoms with Crippen LogP contribution in [0.25, 0.3) is 0 Å². The Labute approximate surface area is 115 Å². The summed E-state index contributed by atoms with van der Waals surface area (Å²) in [6.45, 7) is 5.06. The van der Waals surface area contributed by atoms with Crippen LogP contribution in [0, 0.1) is 17.0 Å². The molecule has 1 aromatic carbocycles. The molecule has 0 N–H and O–H groups in total. The van der Waals surface area contributed by atoms with Gasteiger partial charge in [0.2, 0.25) is 0 Å². The molecule has 0 amide bonds. The Morgan fingerprint density at radius 1 is 1.11 bits per heavy atom. The molecule has 19 heavy (non-hydrogen) atoms. The molecule has 0 aromatic heterocycles. The van der Waals surface area contributed by atoms with Crippen LogP contribution < -0.4 is 0 Å². The molecule has 1 aromatic rings. The van der Waals surface area contributed by atoms with E-state index in [-0.39, 0.29) is 5.41 Å². The largest absolute Gasteiger partial charge is 0.385 e. The zero-order chi connectivity index (χ0) is 14.3. The van der Waals surface area contributed by atoms with Crippen molar-refractivity contribution in [3.05, 3.63) is 35.4 Å². The molecule has 0 bridgehead atoms. The first-order chi connectivity index (χ1) is 8.94. The zero-order valence-electron chi connectivity index (χ0n) is 12.1. The minimum absolute atomic E-state index is 0.0335. The Morgan fingerprint density at radius 3 is 2.47 bits per heavy atom. The molecule has 0 spiro atoms. The van der Waals surface area contributed by atoms with E-state index in [9.17, 15) is 8.78 Å². The molecule has 3 heteroatoms. The fourth-order valence-corrected chi connectivity index (χ4v) is 2.30. The van der Waals surface area contributed by atoms with E-state index in [1.807, 2.05) is 0 Å². The van der Waals surface area contributed by atoms with Gasteiger partial charge in [0, 0.05) is 19.8 Å². The standard InChI is InChI=1S/C16H24F2O/c1-16(2,9-5-4-6-10-19-3)12-13-7-8-14(17)11-15(13)18/h7-8,11H,4-6,9-10,12H2,1-3H3. The van der Waals surface area contributed by atoms with Gasteiger partial charge in [-0.05, 0) is 36.3 Å². The van der Waals surface area contributed by atoms with Crippen LogP contribution >= 0.6 is 0 Å². The predicted molar refractivity (Wildman–Crippen MR) is 74.2 cm³/mol. The van der Waals surface area contributed by atoms with Gasteiger partial charge < -0.3 is 4.74 Å². The lowest BCUT2D eigenvalue weighted by Crippen LogP contribution is -2.16. The molecule has 0 saturated carbocycles. The molecule has 0 aliphatic heterocycles. The van der Waals surface area contributed by atoms with Gasteiger partial charge in [-0.1, -0.05) is 32.8 Å². The maximum atomic E-state index is 13.6. The van der Waals surface area contributed by atoms with Crippen LogP contribution in [0.2, 0.25) is 0 Å². The quantitative estimate of drug-likeness (QED) is 0.620. The van der Waals surface area contributed by atoms with Crippen LogP contribution in [0.5, 0.6) is 0 Å². The second-order valence-electron chi connectivity index (χ2n) is 5.88. The normalized spacial score (nSPS) is 11.8. The Morgan fingerprint density at radius 2 is 1.84 bits per heavy atom. The van der Waals surface area contributed by atoms with Crippen molar-refractivity contribution in [3.63, 3.8) is 0 Å². The molecule has 0 unspecified atom stereocenters. The topological polar surface area (TPSA) is 9.23 Å². The van der Waals surface area contributed by atoms with Crippen LogP contribution in [0.4, 0.5) is 8.78 Å². The molecule has 0 heterocycles. The number of rotatable bonds is 8. The van der Waals surface area contributed by atoms with Crippen LogP contribution in [-0.4, -0.2) is 13.7 Å². The Hall–Kier alpha value is -0.960. The smallest absolute Gasteiger partial charge is 0.129 e. The van der Waals surface area contributed by atoms with Crippen molar-refractivity contribution >= 4 is 0 Å². The molecule has 0 atom stereocenters. The number of unbranched alkanes of at least 4 members (excludes halogenated alkanes) is 2. The minimum Gasteiger partial charge on any atom is -0.385 e. The van der Waals surface area contributed by atoms with Crippen molar-refractivity contribution in [1.82, 2.24) is 0 Å². The summed E-state index contributed by atoms with van der Waals surface area (Å²) in [7, 11) is 1.71. The van der Waals surface area contributed by atoms with Gasteiger partial charge in [0.25, 0.3) is 0 Å². The van der Waals surface area contributed by atoms with Crippen molar-refractivity contribution in [2.24, 2.45) is 5.41 Å². The highest BCUT2D eigenvalue weighted by atomic mass is 19.1. The number of hydrogen-bond donors (Lipinski definition) is 0. The van der Waals surface area contributed by atoms with Crippen molar-refractivity contribution in [3.8, 4) is 0 Å². The lowest BCUT2D eigenvalue weighted by Gasteiger charge is -2.25. The number of ether oxygens (including phenoxy) is 1. The minimum atomic E-state index is -0.515. The Bertz CT molecular complexity index is 388. The van der Waals surface area contributed by atoms with Gasteiger partial charge in [0.15, 0.2) is 0 Å². The first-order valence-corrected chi connectivity index (χ1v) is 6.87. The molecule has 0 aliphatic carbocycles. The molecule has 0 saturated heterocycles. The third kappa shape index (κ3) is 6.15. The second kappa shape index (κ2) is 7.59. The summed E-state index contributed by atoms with van der Waals surface area (Å²) in [6.07, 6.45) is 4.98. The molecular formula is C16H24F2O. The van der Waals surface area contributed by atoms with Gasteiger partial charge in [-0.15, -0.1) is 0 Å². The van der Waals surface area contributed by atoms with Gasteiger partial charge >= 0.3 is 0 Å². The Kier molecular flexibility index (Phi) is 6.43. The maximum Gasteiger partial charge on any atom is 0.129 e. The van der Waals surface area contributed by atoms with Gasteiger partial charge in [-0.3, -0.25) is 0 Å². The highest BCUT2D eigenvalue weighted by Gasteiger charge is 2.20. The van der Waals surface area contributed by atoms with Crippen LogP contribution in [-0.2, 0) is 11.2 Å². The molecular weight excluding hydrogens is 246 g/mol. The molecule has 0 aliphatic rings. The SMILES string of the molecule is COCCCCCC(C)(C)Cc1ccc(F)cc1F. The first kappa shape index (κ1) is 16.1.